The van der Waals surface area contributed by atoms with Crippen molar-refractivity contribution in [3.8, 4) is 11.5 Å². The molecule has 0 N–H and O–H groups in total. The summed E-state index contributed by atoms with van der Waals surface area (Å²) < 4.78 is 10.9. The Kier molecular flexibility index (Phi) is 5.00. The number of benzene rings is 2. The fourth-order valence-electron chi connectivity index (χ4n) is 2.90. The van der Waals surface area contributed by atoms with E-state index in [1.807, 2.05) is 54.3 Å². The maximum atomic E-state index is 12.9. The molecule has 1 aliphatic heterocycles. The third-order valence-electron chi connectivity index (χ3n) is 4.15. The highest BCUT2D eigenvalue weighted by molar-refractivity contribution is 7.99. The topological polar surface area (TPSA) is 38.8 Å². The lowest BCUT2D eigenvalue weighted by atomic mass is 10.1. The molecule has 1 saturated heterocycles. The summed E-state index contributed by atoms with van der Waals surface area (Å²) in [4.78, 5) is 14.8. The summed E-state index contributed by atoms with van der Waals surface area (Å²) >= 11 is 1.75. The zero-order valence-electron chi connectivity index (χ0n) is 14.1. The van der Waals surface area contributed by atoms with Crippen molar-refractivity contribution in [1.29, 1.82) is 0 Å². The molecule has 0 bridgehead atoms. The largest absolute Gasteiger partial charge is 0.493 e. The predicted octanol–water partition coefficient (Wildman–Crippen LogP) is 3.90. The van der Waals surface area contributed by atoms with E-state index in [9.17, 15) is 4.79 Å². The van der Waals surface area contributed by atoms with Gasteiger partial charge in [0.1, 0.15) is 5.37 Å². The molecular formula is C19H21NO3S. The molecule has 1 heterocycles. The first-order valence-electron chi connectivity index (χ1n) is 7.86. The minimum absolute atomic E-state index is 0.0508. The minimum Gasteiger partial charge on any atom is -0.493 e. The van der Waals surface area contributed by atoms with Crippen LogP contribution in [0.2, 0.25) is 0 Å². The Hall–Kier alpha value is -2.14. The summed E-state index contributed by atoms with van der Waals surface area (Å²) in [6.07, 6.45) is 0. The Morgan fingerprint density at radius 1 is 1.12 bits per heavy atom. The molecule has 0 spiro atoms. The van der Waals surface area contributed by atoms with Crippen LogP contribution in [-0.2, 0) is 0 Å². The number of hydrogen-bond acceptors (Lipinski definition) is 4. The Morgan fingerprint density at radius 3 is 2.54 bits per heavy atom. The van der Waals surface area contributed by atoms with Crippen LogP contribution in [0.4, 0.5) is 0 Å². The average Bonchev–Trinajstić information content (AvgIpc) is 3.10. The van der Waals surface area contributed by atoms with Gasteiger partial charge in [0.2, 0.25) is 0 Å². The lowest BCUT2D eigenvalue weighted by Gasteiger charge is -2.26. The smallest absolute Gasteiger partial charge is 0.255 e. The lowest BCUT2D eigenvalue weighted by molar-refractivity contribution is 0.0759. The third-order valence-corrected chi connectivity index (χ3v) is 5.39. The molecule has 1 aliphatic rings. The Bertz CT molecular complexity index is 730. The predicted molar refractivity (Wildman–Crippen MR) is 97.0 cm³/mol. The molecule has 2 aromatic carbocycles. The van der Waals surface area contributed by atoms with Crippen molar-refractivity contribution in [1.82, 2.24) is 4.90 Å². The molecule has 1 amide bonds. The fourth-order valence-corrected chi connectivity index (χ4v) is 4.18. The van der Waals surface area contributed by atoms with E-state index in [1.54, 1.807) is 26.0 Å². The molecule has 3 rings (SSSR count). The van der Waals surface area contributed by atoms with Crippen molar-refractivity contribution in [3.63, 3.8) is 0 Å². The van der Waals surface area contributed by atoms with Crippen LogP contribution in [-0.4, -0.2) is 37.3 Å². The molecule has 1 atom stereocenters. The van der Waals surface area contributed by atoms with Gasteiger partial charge >= 0.3 is 0 Å². The third kappa shape index (κ3) is 3.08. The number of methoxy groups -OCH3 is 2. The van der Waals surface area contributed by atoms with Gasteiger partial charge in [0.25, 0.3) is 5.91 Å². The number of hydrogen-bond donors (Lipinski definition) is 0. The van der Waals surface area contributed by atoms with Gasteiger partial charge in [-0.2, -0.15) is 0 Å². The van der Waals surface area contributed by atoms with Crippen LogP contribution in [0.25, 0.3) is 0 Å². The number of para-hydroxylation sites is 1. The van der Waals surface area contributed by atoms with E-state index in [4.69, 9.17) is 9.47 Å². The Morgan fingerprint density at radius 2 is 1.88 bits per heavy atom. The molecule has 126 valence electrons. The van der Waals surface area contributed by atoms with E-state index in [2.05, 4.69) is 0 Å². The van der Waals surface area contributed by atoms with Gasteiger partial charge in [0.05, 0.1) is 14.2 Å². The highest BCUT2D eigenvalue weighted by Crippen LogP contribution is 2.45. The summed E-state index contributed by atoms with van der Waals surface area (Å²) in [5.74, 6) is 2.34. The standard InChI is InChI=1S/C19H21NO3S/c1-13-7-9-14(10-8-13)18(21)20-11-12-24-19(20)15-5-4-6-16(22-2)17(15)23-3/h4-10,19H,11-12H2,1-3H3/t19-/m1/s1. The molecule has 4 nitrogen and oxygen atoms in total. The molecule has 5 heteroatoms. The van der Waals surface area contributed by atoms with Gasteiger partial charge in [0, 0.05) is 23.4 Å². The van der Waals surface area contributed by atoms with Gasteiger partial charge in [-0.15, -0.1) is 11.8 Å². The van der Waals surface area contributed by atoms with Crippen molar-refractivity contribution in [3.05, 3.63) is 59.2 Å². The average molecular weight is 343 g/mol. The zero-order valence-corrected chi connectivity index (χ0v) is 14.9. The van der Waals surface area contributed by atoms with E-state index < -0.39 is 0 Å². The first kappa shape index (κ1) is 16.7. The second-order valence-corrected chi connectivity index (χ2v) is 6.86. The van der Waals surface area contributed by atoms with Crippen molar-refractivity contribution in [2.24, 2.45) is 0 Å². The van der Waals surface area contributed by atoms with E-state index in [-0.39, 0.29) is 11.3 Å². The van der Waals surface area contributed by atoms with Crippen LogP contribution in [0.5, 0.6) is 11.5 Å². The molecule has 0 saturated carbocycles. The summed E-state index contributed by atoms with van der Waals surface area (Å²) in [7, 11) is 3.26. The van der Waals surface area contributed by atoms with Crippen LogP contribution in [0.3, 0.4) is 0 Å². The quantitative estimate of drug-likeness (QED) is 0.844. The van der Waals surface area contributed by atoms with E-state index >= 15 is 0 Å². The summed E-state index contributed by atoms with van der Waals surface area (Å²) in [6, 6.07) is 13.5. The normalized spacial score (nSPS) is 17.0. The molecule has 24 heavy (non-hydrogen) atoms. The van der Waals surface area contributed by atoms with Crippen LogP contribution >= 0.6 is 11.8 Å². The summed E-state index contributed by atoms with van der Waals surface area (Å²) in [5.41, 5.74) is 2.84. The summed E-state index contributed by atoms with van der Waals surface area (Å²) in [6.45, 7) is 2.74. The molecule has 2 aromatic rings. The van der Waals surface area contributed by atoms with Crippen molar-refractivity contribution >= 4 is 17.7 Å². The second-order valence-electron chi connectivity index (χ2n) is 5.67. The highest BCUT2D eigenvalue weighted by atomic mass is 32.2. The lowest BCUT2D eigenvalue weighted by Crippen LogP contribution is -2.30. The van der Waals surface area contributed by atoms with Crippen LogP contribution in [0, 0.1) is 6.92 Å². The van der Waals surface area contributed by atoms with Crippen LogP contribution in [0.1, 0.15) is 26.9 Å². The number of amides is 1. The maximum absolute atomic E-state index is 12.9. The fraction of sp³-hybridized carbons (Fsp3) is 0.316. The minimum atomic E-state index is -0.0659. The number of thioether (sulfide) groups is 1. The number of ether oxygens (including phenoxy) is 2. The molecule has 0 radical (unpaired) electrons. The highest BCUT2D eigenvalue weighted by Gasteiger charge is 2.33. The number of aryl methyl sites for hydroxylation is 1. The SMILES string of the molecule is COc1cccc([C@H]2SCCN2C(=O)c2ccc(C)cc2)c1OC. The van der Waals surface area contributed by atoms with Crippen LogP contribution in [0.15, 0.2) is 42.5 Å². The molecule has 0 aromatic heterocycles. The number of carbonyl (C=O) groups excluding carboxylic acids is 1. The Labute approximate surface area is 146 Å². The maximum Gasteiger partial charge on any atom is 0.255 e. The number of carbonyl (C=O) groups is 1. The van der Waals surface area contributed by atoms with Crippen molar-refractivity contribution in [2.45, 2.75) is 12.3 Å². The second kappa shape index (κ2) is 7.18. The van der Waals surface area contributed by atoms with Gasteiger partial charge in [-0.25, -0.2) is 0 Å². The molecular weight excluding hydrogens is 322 g/mol. The van der Waals surface area contributed by atoms with Gasteiger partial charge in [-0.3, -0.25) is 4.79 Å². The first-order valence-corrected chi connectivity index (χ1v) is 8.90. The van der Waals surface area contributed by atoms with Crippen LogP contribution < -0.4 is 9.47 Å². The molecule has 0 aliphatic carbocycles. The first-order chi connectivity index (χ1) is 11.7. The molecule has 1 fully saturated rings. The van der Waals surface area contributed by atoms with Gasteiger partial charge in [-0.05, 0) is 25.1 Å². The number of rotatable bonds is 4. The monoisotopic (exact) mass is 343 g/mol. The molecule has 0 unspecified atom stereocenters. The van der Waals surface area contributed by atoms with Crippen molar-refractivity contribution in [2.75, 3.05) is 26.5 Å². The van der Waals surface area contributed by atoms with Gasteiger partial charge in [-0.1, -0.05) is 29.8 Å². The van der Waals surface area contributed by atoms with Crippen molar-refractivity contribution < 1.29 is 14.3 Å². The Balaban J connectivity index is 1.94. The van der Waals surface area contributed by atoms with E-state index in [1.165, 1.54) is 0 Å². The zero-order chi connectivity index (χ0) is 17.1. The van der Waals surface area contributed by atoms with E-state index in [0.29, 0.717) is 11.5 Å². The van der Waals surface area contributed by atoms with Gasteiger partial charge in [0.15, 0.2) is 11.5 Å². The summed E-state index contributed by atoms with van der Waals surface area (Å²) in [5, 5.41) is -0.0659. The van der Waals surface area contributed by atoms with Gasteiger partial charge < -0.3 is 14.4 Å². The number of nitrogens with zero attached hydrogens (tertiary/aromatic N) is 1. The van der Waals surface area contributed by atoms with E-state index in [0.717, 1.165) is 29.0 Å².